The van der Waals surface area contributed by atoms with E-state index in [-0.39, 0.29) is 18.0 Å². The highest BCUT2D eigenvalue weighted by Gasteiger charge is 2.54. The van der Waals surface area contributed by atoms with Gasteiger partial charge in [-0.3, -0.25) is 4.79 Å². The number of esters is 2. The van der Waals surface area contributed by atoms with E-state index >= 15 is 0 Å². The molecule has 1 fully saturated rings. The number of ether oxygens (including phenoxy) is 2. The van der Waals surface area contributed by atoms with Gasteiger partial charge in [0.2, 0.25) is 0 Å². The Labute approximate surface area is 150 Å². The molecule has 120 valence electrons. The summed E-state index contributed by atoms with van der Waals surface area (Å²) in [6.07, 6.45) is 5.38. The van der Waals surface area contributed by atoms with Gasteiger partial charge in [-0.2, -0.15) is 0 Å². The second kappa shape index (κ2) is 6.24. The smallest absolute Gasteiger partial charge is 0.330 e. The molecule has 2 aliphatic heterocycles. The van der Waals surface area contributed by atoms with Gasteiger partial charge >= 0.3 is 11.9 Å². The highest BCUT2D eigenvalue weighted by molar-refractivity contribution is 9.12. The van der Waals surface area contributed by atoms with Gasteiger partial charge in [-0.15, -0.1) is 0 Å². The number of carbonyl (C=O) groups excluding carboxylic acids is 2. The van der Waals surface area contributed by atoms with Gasteiger partial charge in [0.1, 0.15) is 10.4 Å². The fourth-order valence-corrected chi connectivity index (χ4v) is 4.70. The van der Waals surface area contributed by atoms with Crippen LogP contribution in [0.1, 0.15) is 23.5 Å². The van der Waals surface area contributed by atoms with Crippen molar-refractivity contribution in [3.63, 3.8) is 0 Å². The van der Waals surface area contributed by atoms with Crippen molar-refractivity contribution < 1.29 is 19.1 Å². The van der Waals surface area contributed by atoms with Gasteiger partial charge in [-0.1, -0.05) is 56.1 Å². The van der Waals surface area contributed by atoms with Crippen molar-refractivity contribution in [1.82, 2.24) is 0 Å². The molecule has 1 saturated heterocycles. The molecule has 0 aromatic heterocycles. The average molecular weight is 442 g/mol. The zero-order chi connectivity index (χ0) is 16.6. The molecule has 0 N–H and O–H groups in total. The molecule has 2 heterocycles. The van der Waals surface area contributed by atoms with E-state index in [9.17, 15) is 9.59 Å². The van der Waals surface area contributed by atoms with Gasteiger partial charge in [-0.25, -0.2) is 4.79 Å². The number of rotatable bonds is 3. The molecule has 0 amide bonds. The van der Waals surface area contributed by atoms with E-state index in [0.29, 0.717) is 6.42 Å². The van der Waals surface area contributed by atoms with E-state index in [2.05, 4.69) is 36.6 Å². The van der Waals surface area contributed by atoms with Crippen molar-refractivity contribution in [3.8, 4) is 0 Å². The van der Waals surface area contributed by atoms with Crippen molar-refractivity contribution in [2.24, 2.45) is 0 Å². The second-order valence-electron chi connectivity index (χ2n) is 5.46. The van der Waals surface area contributed by atoms with E-state index in [1.54, 1.807) is 6.08 Å². The molecular formula is C17H14Br2O4. The molecule has 1 aromatic carbocycles. The van der Waals surface area contributed by atoms with Crippen LogP contribution in [0.3, 0.4) is 0 Å². The van der Waals surface area contributed by atoms with E-state index in [0.717, 1.165) is 15.6 Å². The summed E-state index contributed by atoms with van der Waals surface area (Å²) >= 11 is 7.04. The average Bonchev–Trinajstić information content (AvgIpc) is 2.54. The van der Waals surface area contributed by atoms with Crippen LogP contribution in [-0.2, 0) is 19.1 Å². The number of hydrogen-bond acceptors (Lipinski definition) is 4. The van der Waals surface area contributed by atoms with Gasteiger partial charge in [0.05, 0.1) is 7.11 Å². The Balaban J connectivity index is 2.02. The van der Waals surface area contributed by atoms with Crippen molar-refractivity contribution in [2.75, 3.05) is 7.11 Å². The molecule has 4 rings (SSSR count). The maximum absolute atomic E-state index is 12.3. The molecule has 1 aromatic rings. The lowest BCUT2D eigenvalue weighted by Crippen LogP contribution is -2.51. The summed E-state index contributed by atoms with van der Waals surface area (Å²) in [5.41, 5.74) is 1.87. The topological polar surface area (TPSA) is 52.6 Å². The van der Waals surface area contributed by atoms with Gasteiger partial charge in [0.25, 0.3) is 0 Å². The van der Waals surface area contributed by atoms with Crippen LogP contribution in [0.4, 0.5) is 0 Å². The number of carbonyl (C=O) groups is 2. The van der Waals surface area contributed by atoms with Crippen molar-refractivity contribution in [2.45, 2.75) is 22.8 Å². The van der Waals surface area contributed by atoms with E-state index in [4.69, 9.17) is 4.74 Å². The van der Waals surface area contributed by atoms with E-state index in [1.165, 1.54) is 13.2 Å². The molecule has 4 nitrogen and oxygen atoms in total. The van der Waals surface area contributed by atoms with Crippen LogP contribution in [0.25, 0.3) is 6.08 Å². The van der Waals surface area contributed by atoms with Gasteiger partial charge in [-0.05, 0) is 29.7 Å². The maximum Gasteiger partial charge on any atom is 0.330 e. The summed E-state index contributed by atoms with van der Waals surface area (Å²) < 4.78 is 10.0. The number of fused-ring (bicyclic) bond motifs is 2. The van der Waals surface area contributed by atoms with Gasteiger partial charge < -0.3 is 9.47 Å². The third-order valence-corrected chi connectivity index (χ3v) is 5.99. The molecule has 0 spiro atoms. The first kappa shape index (κ1) is 16.5. The summed E-state index contributed by atoms with van der Waals surface area (Å²) in [4.78, 5) is 23.7. The van der Waals surface area contributed by atoms with Crippen molar-refractivity contribution in [1.29, 1.82) is 0 Å². The highest BCUT2D eigenvalue weighted by Crippen LogP contribution is 2.52. The zero-order valence-corrected chi connectivity index (χ0v) is 15.5. The fourth-order valence-electron chi connectivity index (χ4n) is 2.98. The summed E-state index contributed by atoms with van der Waals surface area (Å²) in [5, 5.41) is 0. The van der Waals surface area contributed by atoms with Crippen LogP contribution in [-0.4, -0.2) is 29.5 Å². The first-order valence-electron chi connectivity index (χ1n) is 7.09. The predicted octanol–water partition coefficient (Wildman–Crippen LogP) is 3.70. The van der Waals surface area contributed by atoms with E-state index < -0.39 is 10.3 Å². The minimum absolute atomic E-state index is 0.0754. The number of hydrogen-bond donors (Lipinski definition) is 0. The van der Waals surface area contributed by atoms with Crippen LogP contribution < -0.4 is 0 Å². The molecule has 3 aliphatic rings. The molecule has 0 saturated carbocycles. The maximum atomic E-state index is 12.3. The quantitative estimate of drug-likeness (QED) is 0.407. The Morgan fingerprint density at radius 2 is 2.17 bits per heavy atom. The summed E-state index contributed by atoms with van der Waals surface area (Å²) in [6.45, 7) is 0. The van der Waals surface area contributed by atoms with Crippen LogP contribution in [0, 0.1) is 0 Å². The molecular weight excluding hydrogens is 428 g/mol. The second-order valence-corrected chi connectivity index (χ2v) is 7.69. The Kier molecular flexibility index (Phi) is 4.47. The monoisotopic (exact) mass is 440 g/mol. The van der Waals surface area contributed by atoms with Crippen LogP contribution in [0.15, 0.2) is 40.9 Å². The number of halogens is 2. The Morgan fingerprint density at radius 3 is 2.91 bits per heavy atom. The summed E-state index contributed by atoms with van der Waals surface area (Å²) in [6, 6.07) is 7.71. The number of alkyl halides is 1. The Hall–Kier alpha value is -1.40. The van der Waals surface area contributed by atoms with Gasteiger partial charge in [0.15, 0.2) is 0 Å². The SMILES string of the molecule is COC(=O)/C=C/c1ccccc1[C@H]1C[C@@H]2OC(=O)[C@@]1(Br)C=C2Br. The minimum Gasteiger partial charge on any atom is -0.466 e. The Morgan fingerprint density at radius 1 is 1.43 bits per heavy atom. The molecule has 1 aliphatic carbocycles. The standard InChI is InChI=1S/C17H14Br2O4/c1-22-15(20)7-6-10-4-2-3-5-11(10)12-8-14-13(18)9-17(12,19)16(21)23-14/h2-7,9,12,14H,8H2,1H3/b7-6+/t12-,14+,17-/m1/s1. The highest BCUT2D eigenvalue weighted by atomic mass is 79.9. The third kappa shape index (κ3) is 2.90. The third-order valence-electron chi connectivity index (χ3n) is 4.15. The predicted molar refractivity (Wildman–Crippen MR) is 93.4 cm³/mol. The summed E-state index contributed by atoms with van der Waals surface area (Å²) in [7, 11) is 1.34. The van der Waals surface area contributed by atoms with Crippen molar-refractivity contribution in [3.05, 3.63) is 52.0 Å². The van der Waals surface area contributed by atoms with E-state index in [1.807, 2.05) is 30.3 Å². The molecule has 0 radical (unpaired) electrons. The van der Waals surface area contributed by atoms with Crippen LogP contribution >= 0.6 is 31.9 Å². The number of benzene rings is 1. The van der Waals surface area contributed by atoms with Crippen LogP contribution in [0.2, 0.25) is 0 Å². The molecule has 6 heteroatoms. The zero-order valence-electron chi connectivity index (χ0n) is 12.3. The molecule has 23 heavy (non-hydrogen) atoms. The lowest BCUT2D eigenvalue weighted by molar-refractivity contribution is -0.155. The molecule has 3 atom stereocenters. The van der Waals surface area contributed by atoms with Crippen molar-refractivity contribution >= 4 is 49.9 Å². The normalized spacial score (nSPS) is 29.3. The van der Waals surface area contributed by atoms with Gasteiger partial charge in [0, 0.05) is 16.5 Å². The number of methoxy groups -OCH3 is 1. The fraction of sp³-hybridized carbons (Fsp3) is 0.294. The first-order chi connectivity index (χ1) is 11.0. The first-order valence-corrected chi connectivity index (χ1v) is 8.67. The lowest BCUT2D eigenvalue weighted by atomic mass is 9.74. The Bertz CT molecular complexity index is 725. The molecule has 0 unspecified atom stereocenters. The summed E-state index contributed by atoms with van der Waals surface area (Å²) in [5.74, 6) is -0.775. The largest absolute Gasteiger partial charge is 0.466 e. The molecule has 2 bridgehead atoms. The lowest BCUT2D eigenvalue weighted by Gasteiger charge is -2.44. The minimum atomic E-state index is -0.893. The van der Waals surface area contributed by atoms with Crippen LogP contribution in [0.5, 0.6) is 0 Å².